The van der Waals surface area contributed by atoms with Crippen LogP contribution in [0.1, 0.15) is 41.3 Å². The van der Waals surface area contributed by atoms with Gasteiger partial charge in [-0.15, -0.1) is 0 Å². The highest BCUT2D eigenvalue weighted by Gasteiger charge is 2.53. The molecule has 1 spiro atoms. The molecule has 2 atom stereocenters. The summed E-state index contributed by atoms with van der Waals surface area (Å²) in [5.74, 6) is 2.26. The van der Waals surface area contributed by atoms with E-state index in [-0.39, 0.29) is 17.7 Å². The van der Waals surface area contributed by atoms with E-state index < -0.39 is 5.41 Å². The molecule has 1 N–H and O–H groups in total. The van der Waals surface area contributed by atoms with Gasteiger partial charge >= 0.3 is 0 Å². The summed E-state index contributed by atoms with van der Waals surface area (Å²) in [6.07, 6.45) is 1.41. The first kappa shape index (κ1) is 23.6. The van der Waals surface area contributed by atoms with Crippen LogP contribution in [0, 0.1) is 19.3 Å². The van der Waals surface area contributed by atoms with Gasteiger partial charge in [0.05, 0.1) is 12.3 Å². The number of ether oxygens (including phenoxy) is 2. The SMILES string of the molecule is Cc1cc(C)n(CCC(=O)N2C[C@@H]3c4cccc5c4OC[C@]3(CNC(=O)CCc3cccc(c3)O5)C2)n1. The summed E-state index contributed by atoms with van der Waals surface area (Å²) >= 11 is 0. The Morgan fingerprint density at radius 3 is 2.86 bits per heavy atom. The second-order valence-electron chi connectivity index (χ2n) is 10.6. The average Bonchev–Trinajstić information content (AvgIpc) is 3.44. The second-order valence-corrected chi connectivity index (χ2v) is 10.6. The van der Waals surface area contributed by atoms with E-state index >= 15 is 0 Å². The van der Waals surface area contributed by atoms with Crippen molar-refractivity contribution in [1.29, 1.82) is 0 Å². The zero-order valence-electron chi connectivity index (χ0n) is 21.3. The lowest BCUT2D eigenvalue weighted by molar-refractivity contribution is -0.130. The number of benzene rings is 2. The fraction of sp³-hybridized carbons (Fsp3) is 0.414. The first-order valence-electron chi connectivity index (χ1n) is 13.0. The predicted octanol–water partition coefficient (Wildman–Crippen LogP) is 3.75. The molecule has 0 radical (unpaired) electrons. The number of carbonyl (C=O) groups excluding carboxylic acids is 2. The number of rotatable bonds is 3. The maximum Gasteiger partial charge on any atom is 0.224 e. The molecule has 37 heavy (non-hydrogen) atoms. The highest BCUT2D eigenvalue weighted by Crippen LogP contribution is 2.52. The van der Waals surface area contributed by atoms with Crippen LogP contribution in [-0.4, -0.2) is 52.7 Å². The Morgan fingerprint density at radius 1 is 1.16 bits per heavy atom. The van der Waals surface area contributed by atoms with Gasteiger partial charge in [-0.2, -0.15) is 5.10 Å². The number of likely N-dealkylation sites (tertiary alicyclic amines) is 1. The number of hydrogen-bond acceptors (Lipinski definition) is 5. The summed E-state index contributed by atoms with van der Waals surface area (Å²) in [6, 6.07) is 15.8. The monoisotopic (exact) mass is 500 g/mol. The largest absolute Gasteiger partial charge is 0.489 e. The maximum absolute atomic E-state index is 13.4. The van der Waals surface area contributed by atoms with Crippen LogP contribution in [0.2, 0.25) is 0 Å². The van der Waals surface area contributed by atoms with E-state index in [0.717, 1.165) is 34.0 Å². The van der Waals surface area contributed by atoms with Gasteiger partial charge in [-0.3, -0.25) is 14.3 Å². The molecular formula is C29H32N4O4. The summed E-state index contributed by atoms with van der Waals surface area (Å²) in [7, 11) is 0. The van der Waals surface area contributed by atoms with E-state index in [1.54, 1.807) is 0 Å². The highest BCUT2D eigenvalue weighted by atomic mass is 16.5. The van der Waals surface area contributed by atoms with E-state index in [1.165, 1.54) is 0 Å². The molecule has 0 unspecified atom stereocenters. The summed E-state index contributed by atoms with van der Waals surface area (Å²) in [4.78, 5) is 28.2. The van der Waals surface area contributed by atoms with Crippen LogP contribution < -0.4 is 14.8 Å². The molecule has 4 bridgehead atoms. The van der Waals surface area contributed by atoms with Crippen molar-refractivity contribution in [3.63, 3.8) is 0 Å². The molecule has 8 nitrogen and oxygen atoms in total. The Bertz CT molecular complexity index is 1370. The van der Waals surface area contributed by atoms with Gasteiger partial charge in [0.1, 0.15) is 5.75 Å². The molecule has 8 heteroatoms. The molecule has 0 saturated carbocycles. The Morgan fingerprint density at radius 2 is 2.03 bits per heavy atom. The lowest BCUT2D eigenvalue weighted by Gasteiger charge is -2.39. The minimum atomic E-state index is -0.395. The number of aromatic nitrogens is 2. The van der Waals surface area contributed by atoms with Crippen molar-refractivity contribution in [3.05, 3.63) is 71.0 Å². The maximum atomic E-state index is 13.4. The number of fused-ring (bicyclic) bond motifs is 4. The lowest BCUT2D eigenvalue weighted by Crippen LogP contribution is -2.48. The van der Waals surface area contributed by atoms with Crippen molar-refractivity contribution in [2.24, 2.45) is 5.41 Å². The number of nitrogens with one attached hydrogen (secondary N) is 1. The van der Waals surface area contributed by atoms with Crippen molar-refractivity contribution in [2.45, 2.75) is 45.6 Å². The smallest absolute Gasteiger partial charge is 0.224 e. The first-order valence-corrected chi connectivity index (χ1v) is 13.0. The molecule has 192 valence electrons. The normalized spacial score (nSPS) is 22.5. The zero-order valence-corrected chi connectivity index (χ0v) is 21.3. The van der Waals surface area contributed by atoms with E-state index in [2.05, 4.69) is 16.5 Å². The topological polar surface area (TPSA) is 85.7 Å². The molecule has 3 aliphatic rings. The van der Waals surface area contributed by atoms with Crippen molar-refractivity contribution >= 4 is 11.8 Å². The molecule has 1 saturated heterocycles. The van der Waals surface area contributed by atoms with Crippen molar-refractivity contribution in [2.75, 3.05) is 26.2 Å². The van der Waals surface area contributed by atoms with Gasteiger partial charge < -0.3 is 19.7 Å². The molecule has 3 aliphatic heterocycles. The van der Waals surface area contributed by atoms with Crippen LogP contribution in [0.15, 0.2) is 48.5 Å². The fourth-order valence-electron chi connectivity index (χ4n) is 5.99. The third kappa shape index (κ3) is 4.45. The predicted molar refractivity (Wildman–Crippen MR) is 138 cm³/mol. The van der Waals surface area contributed by atoms with Crippen LogP contribution in [0.25, 0.3) is 0 Å². The molecule has 6 rings (SSSR count). The van der Waals surface area contributed by atoms with Gasteiger partial charge in [-0.1, -0.05) is 24.3 Å². The number of nitrogens with zero attached hydrogens (tertiary/aromatic N) is 3. The van der Waals surface area contributed by atoms with Gasteiger partial charge in [0.15, 0.2) is 11.5 Å². The van der Waals surface area contributed by atoms with Crippen molar-refractivity contribution in [1.82, 2.24) is 20.0 Å². The molecular weight excluding hydrogens is 468 g/mol. The molecule has 1 fully saturated rings. The van der Waals surface area contributed by atoms with Crippen LogP contribution in [0.5, 0.6) is 17.2 Å². The Balaban J connectivity index is 1.30. The van der Waals surface area contributed by atoms with Crippen LogP contribution in [0.4, 0.5) is 0 Å². The summed E-state index contributed by atoms with van der Waals surface area (Å²) in [6.45, 7) is 6.51. The average molecular weight is 501 g/mol. The quantitative estimate of drug-likeness (QED) is 0.592. The third-order valence-electron chi connectivity index (χ3n) is 7.93. The fourth-order valence-corrected chi connectivity index (χ4v) is 5.99. The van der Waals surface area contributed by atoms with Crippen LogP contribution in [0.3, 0.4) is 0 Å². The van der Waals surface area contributed by atoms with Gasteiger partial charge in [0.2, 0.25) is 11.8 Å². The van der Waals surface area contributed by atoms with E-state index in [1.807, 2.05) is 65.9 Å². The molecule has 1 aromatic heterocycles. The van der Waals surface area contributed by atoms with E-state index in [9.17, 15) is 9.59 Å². The standard InChI is InChI=1S/C29H32N4O4/c1-19-13-20(2)33(31-19)12-11-27(35)32-15-24-23-7-4-8-25-28(23)36-18-29(24,17-32)16-30-26(34)10-9-21-5-3-6-22(14-21)37-25/h3-8,13-14,24H,9-12,15-18H2,1-2H3,(H,30,34)/t24-,29+/m1/s1. The summed E-state index contributed by atoms with van der Waals surface area (Å²) in [5.41, 5.74) is 3.69. The molecule has 4 heterocycles. The summed E-state index contributed by atoms with van der Waals surface area (Å²) in [5, 5.41) is 7.67. The summed E-state index contributed by atoms with van der Waals surface area (Å²) < 4.78 is 14.5. The van der Waals surface area contributed by atoms with Gasteiger partial charge in [-0.25, -0.2) is 0 Å². The van der Waals surface area contributed by atoms with Crippen molar-refractivity contribution in [3.8, 4) is 17.2 Å². The minimum absolute atomic E-state index is 0.00496. The number of hydrogen-bond donors (Lipinski definition) is 1. The lowest BCUT2D eigenvalue weighted by atomic mass is 9.73. The first-order chi connectivity index (χ1) is 17.9. The van der Waals surface area contributed by atoms with E-state index in [0.29, 0.717) is 57.8 Å². The number of amides is 2. The number of carbonyl (C=O) groups is 2. The molecule has 2 aromatic carbocycles. The molecule has 3 aromatic rings. The Kier molecular flexibility index (Phi) is 5.89. The third-order valence-corrected chi connectivity index (χ3v) is 7.93. The number of para-hydroxylation sites is 1. The van der Waals surface area contributed by atoms with Crippen LogP contribution in [-0.2, 0) is 22.6 Å². The second kappa shape index (κ2) is 9.25. The van der Waals surface area contributed by atoms with Gasteiger partial charge in [-0.05, 0) is 50.1 Å². The Hall–Kier alpha value is -3.81. The van der Waals surface area contributed by atoms with Crippen molar-refractivity contribution < 1.29 is 19.1 Å². The molecule has 2 amide bonds. The minimum Gasteiger partial charge on any atom is -0.489 e. The van der Waals surface area contributed by atoms with Gasteiger partial charge in [0.25, 0.3) is 0 Å². The van der Waals surface area contributed by atoms with Crippen LogP contribution >= 0.6 is 0 Å². The highest BCUT2D eigenvalue weighted by molar-refractivity contribution is 5.78. The van der Waals surface area contributed by atoms with Gasteiger partial charge in [0, 0.05) is 61.6 Å². The Labute approximate surface area is 216 Å². The zero-order chi connectivity index (χ0) is 25.6. The number of aryl methyl sites for hydroxylation is 4. The molecule has 0 aliphatic carbocycles. The van der Waals surface area contributed by atoms with E-state index in [4.69, 9.17) is 9.47 Å².